The van der Waals surface area contributed by atoms with Crippen LogP contribution in [0.4, 0.5) is 0 Å². The van der Waals surface area contributed by atoms with E-state index in [9.17, 15) is 8.42 Å². The number of hydrogen-bond donors (Lipinski definition) is 0. The fourth-order valence-electron chi connectivity index (χ4n) is 3.23. The summed E-state index contributed by atoms with van der Waals surface area (Å²) in [5, 5.41) is 0. The van der Waals surface area contributed by atoms with Crippen LogP contribution in [0.15, 0.2) is 76.8 Å². The zero-order valence-electron chi connectivity index (χ0n) is 12.4. The highest BCUT2D eigenvalue weighted by molar-refractivity contribution is 7.92. The van der Waals surface area contributed by atoms with Crippen LogP contribution in [0, 0.1) is 0 Å². The van der Waals surface area contributed by atoms with Crippen molar-refractivity contribution in [3.8, 4) is 17.1 Å². The van der Waals surface area contributed by atoms with Crippen molar-refractivity contribution < 1.29 is 8.42 Å². The maximum Gasteiger partial charge on any atom is 0.210 e. The van der Waals surface area contributed by atoms with E-state index in [-0.39, 0.29) is 0 Å². The zero-order chi connectivity index (χ0) is 16.3. The average molecular weight is 333 g/mol. The number of nitrogens with zero attached hydrogens (tertiary/aromatic N) is 3. The van der Waals surface area contributed by atoms with Gasteiger partial charge in [0.2, 0.25) is 9.84 Å². The van der Waals surface area contributed by atoms with Gasteiger partial charge in [0.05, 0.1) is 26.5 Å². The molecule has 0 bridgehead atoms. The molecule has 5 nitrogen and oxygen atoms in total. The minimum atomic E-state index is -3.55. The normalized spacial score (nSPS) is 14.5. The van der Waals surface area contributed by atoms with Gasteiger partial charge in [-0.1, -0.05) is 18.2 Å². The van der Waals surface area contributed by atoms with Crippen molar-refractivity contribution in [1.29, 1.82) is 0 Å². The molecule has 2 aromatic heterocycles. The van der Waals surface area contributed by atoms with Crippen molar-refractivity contribution in [2.24, 2.45) is 0 Å². The third kappa shape index (κ3) is 1.60. The molecule has 0 amide bonds. The number of fused-ring (bicyclic) bond motifs is 2. The maximum absolute atomic E-state index is 13.0. The molecule has 1 aliphatic heterocycles. The van der Waals surface area contributed by atoms with Gasteiger partial charge < -0.3 is 0 Å². The number of hydrogen-bond acceptors (Lipinski definition) is 4. The van der Waals surface area contributed by atoms with Crippen molar-refractivity contribution in [1.82, 2.24) is 14.5 Å². The Kier molecular flexibility index (Phi) is 2.53. The van der Waals surface area contributed by atoms with Crippen LogP contribution in [0.3, 0.4) is 0 Å². The van der Waals surface area contributed by atoms with Crippen molar-refractivity contribution in [2.75, 3.05) is 0 Å². The van der Waals surface area contributed by atoms with E-state index in [1.54, 1.807) is 36.7 Å². The Labute approximate surface area is 138 Å². The van der Waals surface area contributed by atoms with Gasteiger partial charge in [-0.3, -0.25) is 9.55 Å². The molecular formula is C18H11N3O2S. The van der Waals surface area contributed by atoms with Gasteiger partial charge in [-0.2, -0.15) is 0 Å². The van der Waals surface area contributed by atoms with E-state index in [1.807, 2.05) is 34.9 Å². The molecule has 2 aromatic carbocycles. The minimum Gasteiger partial charge on any atom is -0.290 e. The summed E-state index contributed by atoms with van der Waals surface area (Å²) in [6, 6.07) is 16.0. The summed E-state index contributed by atoms with van der Waals surface area (Å²) >= 11 is 0. The summed E-state index contributed by atoms with van der Waals surface area (Å²) < 4.78 is 27.9. The highest BCUT2D eigenvalue weighted by Crippen LogP contribution is 2.40. The summed E-state index contributed by atoms with van der Waals surface area (Å²) in [4.78, 5) is 9.34. The maximum atomic E-state index is 13.0. The first-order chi connectivity index (χ1) is 11.7. The Hall–Kier alpha value is -2.99. The number of sulfone groups is 1. The second-order valence-corrected chi connectivity index (χ2v) is 7.49. The number of pyridine rings is 1. The summed E-state index contributed by atoms with van der Waals surface area (Å²) in [6.45, 7) is 0. The lowest BCUT2D eigenvalue weighted by Gasteiger charge is -2.20. The predicted molar refractivity (Wildman–Crippen MR) is 89.8 cm³/mol. The first kappa shape index (κ1) is 13.4. The standard InChI is InChI=1S/C18H11N3O2S/c22-24(23)15-6-2-1-5-14(15)21-17-13(4-3-7-16(17)24)20-18(21)12-8-10-19-11-9-12/h1-11H. The monoisotopic (exact) mass is 333 g/mol. The minimum absolute atomic E-state index is 0.298. The molecule has 4 aromatic rings. The molecule has 0 N–H and O–H groups in total. The topological polar surface area (TPSA) is 64.8 Å². The molecule has 6 heteroatoms. The molecule has 116 valence electrons. The molecule has 5 rings (SSSR count). The van der Waals surface area contributed by atoms with Gasteiger partial charge in [0.15, 0.2) is 0 Å². The van der Waals surface area contributed by atoms with Gasteiger partial charge in [0, 0.05) is 18.0 Å². The number of aromatic nitrogens is 3. The molecule has 0 unspecified atom stereocenters. The van der Waals surface area contributed by atoms with Gasteiger partial charge in [-0.15, -0.1) is 0 Å². The molecule has 0 saturated carbocycles. The van der Waals surface area contributed by atoms with Crippen molar-refractivity contribution in [3.05, 3.63) is 67.0 Å². The molecule has 0 saturated heterocycles. The zero-order valence-corrected chi connectivity index (χ0v) is 13.2. The Morgan fingerprint density at radius 2 is 1.58 bits per heavy atom. The van der Waals surface area contributed by atoms with Crippen LogP contribution < -0.4 is 0 Å². The fourth-order valence-corrected chi connectivity index (χ4v) is 4.87. The Balaban J connectivity index is 2.03. The molecule has 0 fully saturated rings. The largest absolute Gasteiger partial charge is 0.290 e. The molecule has 0 atom stereocenters. The van der Waals surface area contributed by atoms with Crippen LogP contribution in [0.25, 0.3) is 28.1 Å². The van der Waals surface area contributed by atoms with Gasteiger partial charge in [-0.05, 0) is 36.4 Å². The van der Waals surface area contributed by atoms with E-state index in [2.05, 4.69) is 9.97 Å². The Morgan fingerprint density at radius 3 is 2.42 bits per heavy atom. The Morgan fingerprint density at radius 1 is 0.833 bits per heavy atom. The smallest absolute Gasteiger partial charge is 0.210 e. The fraction of sp³-hybridized carbons (Fsp3) is 0. The first-order valence-electron chi connectivity index (χ1n) is 7.44. The van der Waals surface area contributed by atoms with Crippen LogP contribution in [0.5, 0.6) is 0 Å². The third-order valence-corrected chi connectivity index (χ3v) is 6.10. The van der Waals surface area contributed by atoms with Crippen LogP contribution in [-0.4, -0.2) is 23.0 Å². The number of para-hydroxylation sites is 2. The van der Waals surface area contributed by atoms with Crippen LogP contribution in [-0.2, 0) is 9.84 Å². The second-order valence-electron chi connectivity index (χ2n) is 5.60. The lowest BCUT2D eigenvalue weighted by molar-refractivity contribution is 0.594. The van der Waals surface area contributed by atoms with Crippen LogP contribution in [0.1, 0.15) is 0 Å². The van der Waals surface area contributed by atoms with Crippen molar-refractivity contribution in [2.45, 2.75) is 9.79 Å². The highest BCUT2D eigenvalue weighted by Gasteiger charge is 2.33. The molecular weight excluding hydrogens is 322 g/mol. The molecule has 0 radical (unpaired) electrons. The molecule has 0 spiro atoms. The van der Waals surface area contributed by atoms with Crippen LogP contribution >= 0.6 is 0 Å². The van der Waals surface area contributed by atoms with E-state index < -0.39 is 9.84 Å². The van der Waals surface area contributed by atoms with E-state index in [0.29, 0.717) is 32.3 Å². The quantitative estimate of drug-likeness (QED) is 0.472. The van der Waals surface area contributed by atoms with Gasteiger partial charge in [0.1, 0.15) is 5.82 Å². The number of benzene rings is 2. The SMILES string of the molecule is O=S1(=O)c2ccccc2-n2c(-c3ccncc3)nc3cccc1c32. The molecule has 3 heterocycles. The first-order valence-corrected chi connectivity index (χ1v) is 8.92. The van der Waals surface area contributed by atoms with Gasteiger partial charge in [-0.25, -0.2) is 13.4 Å². The summed E-state index contributed by atoms with van der Waals surface area (Å²) in [6.07, 6.45) is 3.41. The van der Waals surface area contributed by atoms with E-state index in [1.165, 1.54) is 0 Å². The Bertz CT molecular complexity index is 1210. The van der Waals surface area contributed by atoms with Crippen LogP contribution in [0.2, 0.25) is 0 Å². The van der Waals surface area contributed by atoms with E-state index in [4.69, 9.17) is 0 Å². The van der Waals surface area contributed by atoms with Gasteiger partial charge >= 0.3 is 0 Å². The number of imidazole rings is 1. The third-order valence-electron chi connectivity index (χ3n) is 4.26. The molecule has 24 heavy (non-hydrogen) atoms. The van der Waals surface area contributed by atoms with E-state index >= 15 is 0 Å². The molecule has 0 aliphatic carbocycles. The summed E-state index contributed by atoms with van der Waals surface area (Å²) in [5.41, 5.74) is 2.81. The van der Waals surface area contributed by atoms with Crippen molar-refractivity contribution >= 4 is 20.9 Å². The second kappa shape index (κ2) is 4.52. The number of rotatable bonds is 1. The molecule has 1 aliphatic rings. The van der Waals surface area contributed by atoms with E-state index in [0.717, 1.165) is 5.56 Å². The highest BCUT2D eigenvalue weighted by atomic mass is 32.2. The van der Waals surface area contributed by atoms with Gasteiger partial charge in [0.25, 0.3) is 0 Å². The van der Waals surface area contributed by atoms with Crippen molar-refractivity contribution in [3.63, 3.8) is 0 Å². The predicted octanol–water partition coefficient (Wildman–Crippen LogP) is 3.23. The summed E-state index contributed by atoms with van der Waals surface area (Å²) in [5.74, 6) is 0.710. The summed E-state index contributed by atoms with van der Waals surface area (Å²) in [7, 11) is -3.55. The average Bonchev–Trinajstić information content (AvgIpc) is 3.01. The lowest BCUT2D eigenvalue weighted by atomic mass is 10.2. The lowest BCUT2D eigenvalue weighted by Crippen LogP contribution is -2.14.